The minimum Gasteiger partial charge on any atom is -0.326 e. The van der Waals surface area contributed by atoms with Crippen LogP contribution in [0.2, 0.25) is 0 Å². The predicted molar refractivity (Wildman–Crippen MR) is 102 cm³/mol. The Morgan fingerprint density at radius 1 is 0.800 bits per heavy atom. The highest BCUT2D eigenvalue weighted by atomic mass is 16.1. The Labute approximate surface area is 148 Å². The van der Waals surface area contributed by atoms with E-state index in [1.165, 1.54) is 0 Å². The summed E-state index contributed by atoms with van der Waals surface area (Å²) in [5.41, 5.74) is 2.80. The molecule has 25 heavy (non-hydrogen) atoms. The van der Waals surface area contributed by atoms with E-state index in [9.17, 15) is 4.79 Å². The smallest absolute Gasteiger partial charge is 0.225 e. The topological polar surface area (TPSA) is 29.1 Å². The van der Waals surface area contributed by atoms with Gasteiger partial charge in [-0.25, -0.2) is 0 Å². The first-order valence-corrected chi connectivity index (χ1v) is 8.28. The van der Waals surface area contributed by atoms with Gasteiger partial charge < -0.3 is 5.32 Å². The fourth-order valence-corrected chi connectivity index (χ4v) is 2.55. The van der Waals surface area contributed by atoms with Crippen molar-refractivity contribution in [2.45, 2.75) is 12.3 Å². The van der Waals surface area contributed by atoms with Gasteiger partial charge in [0.2, 0.25) is 5.91 Å². The molecular formula is C23H19NO. The molecule has 0 aliphatic carbocycles. The lowest BCUT2D eigenvalue weighted by molar-refractivity contribution is -0.116. The van der Waals surface area contributed by atoms with E-state index in [4.69, 9.17) is 0 Å². The van der Waals surface area contributed by atoms with Gasteiger partial charge in [0, 0.05) is 17.7 Å². The molecule has 0 saturated heterocycles. The van der Waals surface area contributed by atoms with Gasteiger partial charge in [-0.05, 0) is 29.8 Å². The summed E-state index contributed by atoms with van der Waals surface area (Å²) in [4.78, 5) is 12.4. The molecular weight excluding hydrogens is 306 g/mol. The number of benzene rings is 3. The molecule has 122 valence electrons. The van der Waals surface area contributed by atoms with Crippen LogP contribution in [-0.2, 0) is 4.79 Å². The van der Waals surface area contributed by atoms with Crippen LogP contribution in [0.5, 0.6) is 0 Å². The number of hydrogen-bond donors (Lipinski definition) is 1. The van der Waals surface area contributed by atoms with Crippen LogP contribution in [0.15, 0.2) is 91.0 Å². The number of hydrogen-bond acceptors (Lipinski definition) is 1. The van der Waals surface area contributed by atoms with E-state index in [-0.39, 0.29) is 11.8 Å². The van der Waals surface area contributed by atoms with Gasteiger partial charge in [-0.1, -0.05) is 78.6 Å². The number of anilines is 1. The van der Waals surface area contributed by atoms with Crippen molar-refractivity contribution in [2.24, 2.45) is 0 Å². The van der Waals surface area contributed by atoms with Crippen molar-refractivity contribution in [1.29, 1.82) is 0 Å². The summed E-state index contributed by atoms with van der Waals surface area (Å²) in [5, 5.41) is 2.93. The van der Waals surface area contributed by atoms with Gasteiger partial charge in [0.25, 0.3) is 0 Å². The number of nitrogens with one attached hydrogen (secondary N) is 1. The Bertz CT molecular complexity index is 861. The molecule has 0 unspecified atom stereocenters. The largest absolute Gasteiger partial charge is 0.326 e. The Kier molecular flexibility index (Phi) is 5.64. The molecule has 0 aliphatic rings. The maximum Gasteiger partial charge on any atom is 0.225 e. The number of amides is 1. The summed E-state index contributed by atoms with van der Waals surface area (Å²) < 4.78 is 0. The van der Waals surface area contributed by atoms with Crippen LogP contribution in [0.4, 0.5) is 5.69 Å². The van der Waals surface area contributed by atoms with Gasteiger partial charge in [0.05, 0.1) is 5.92 Å². The molecule has 0 saturated carbocycles. The summed E-state index contributed by atoms with van der Waals surface area (Å²) in [6.45, 7) is 0. The zero-order valence-corrected chi connectivity index (χ0v) is 13.9. The second-order valence-electron chi connectivity index (χ2n) is 5.72. The molecule has 1 N–H and O–H groups in total. The van der Waals surface area contributed by atoms with Crippen LogP contribution >= 0.6 is 0 Å². The average molecular weight is 325 g/mol. The number of para-hydroxylation sites is 1. The summed E-state index contributed by atoms with van der Waals surface area (Å²) in [6, 6.07) is 29.3. The summed E-state index contributed by atoms with van der Waals surface area (Å²) >= 11 is 0. The fraction of sp³-hybridized carbons (Fsp3) is 0.0870. The van der Waals surface area contributed by atoms with Crippen molar-refractivity contribution in [3.8, 4) is 11.8 Å². The SMILES string of the molecule is O=C(C[C@@H](C#Cc1ccccc1)c1ccccc1)Nc1ccccc1. The highest BCUT2D eigenvalue weighted by Crippen LogP contribution is 2.20. The van der Waals surface area contributed by atoms with Crippen LogP contribution in [0, 0.1) is 11.8 Å². The Hall–Kier alpha value is -3.31. The molecule has 3 rings (SSSR count). The molecule has 0 fully saturated rings. The van der Waals surface area contributed by atoms with Crippen LogP contribution in [0.25, 0.3) is 0 Å². The number of carbonyl (C=O) groups excluding carboxylic acids is 1. The lowest BCUT2D eigenvalue weighted by Crippen LogP contribution is -2.15. The quantitative estimate of drug-likeness (QED) is 0.683. The minimum atomic E-state index is -0.148. The van der Waals surface area contributed by atoms with Crippen molar-refractivity contribution >= 4 is 11.6 Å². The summed E-state index contributed by atoms with van der Waals surface area (Å²) in [7, 11) is 0. The van der Waals surface area contributed by atoms with E-state index >= 15 is 0 Å². The van der Waals surface area contributed by atoms with E-state index in [1.807, 2.05) is 91.0 Å². The number of carbonyl (C=O) groups is 1. The maximum absolute atomic E-state index is 12.4. The van der Waals surface area contributed by atoms with Crippen LogP contribution in [0.1, 0.15) is 23.5 Å². The van der Waals surface area contributed by atoms with E-state index in [0.29, 0.717) is 6.42 Å². The molecule has 0 aliphatic heterocycles. The van der Waals surface area contributed by atoms with Crippen LogP contribution < -0.4 is 5.32 Å². The van der Waals surface area contributed by atoms with E-state index < -0.39 is 0 Å². The van der Waals surface area contributed by atoms with E-state index in [2.05, 4.69) is 17.2 Å². The van der Waals surface area contributed by atoms with Crippen molar-refractivity contribution in [3.05, 3.63) is 102 Å². The average Bonchev–Trinajstić information content (AvgIpc) is 2.67. The van der Waals surface area contributed by atoms with Gasteiger partial charge in [-0.3, -0.25) is 4.79 Å². The molecule has 0 aromatic heterocycles. The van der Waals surface area contributed by atoms with Crippen molar-refractivity contribution in [1.82, 2.24) is 0 Å². The Balaban J connectivity index is 1.77. The molecule has 0 radical (unpaired) electrons. The van der Waals surface area contributed by atoms with Crippen molar-refractivity contribution in [3.63, 3.8) is 0 Å². The minimum absolute atomic E-state index is 0.0394. The van der Waals surface area contributed by atoms with Crippen LogP contribution in [-0.4, -0.2) is 5.91 Å². The zero-order valence-electron chi connectivity index (χ0n) is 13.9. The summed E-state index contributed by atoms with van der Waals surface area (Å²) in [6.07, 6.45) is 0.318. The molecule has 2 nitrogen and oxygen atoms in total. The molecule has 3 aromatic carbocycles. The van der Waals surface area contributed by atoms with Gasteiger partial charge in [0.1, 0.15) is 0 Å². The normalized spacial score (nSPS) is 11.0. The highest BCUT2D eigenvalue weighted by molar-refractivity contribution is 5.91. The molecule has 0 bridgehead atoms. The molecule has 3 aromatic rings. The monoisotopic (exact) mass is 325 g/mol. The lowest BCUT2D eigenvalue weighted by Gasteiger charge is -2.11. The van der Waals surface area contributed by atoms with E-state index in [1.54, 1.807) is 0 Å². The Morgan fingerprint density at radius 3 is 2.00 bits per heavy atom. The second kappa shape index (κ2) is 8.52. The van der Waals surface area contributed by atoms with Gasteiger partial charge in [-0.15, -0.1) is 0 Å². The first-order chi connectivity index (χ1) is 12.3. The molecule has 0 heterocycles. The van der Waals surface area contributed by atoms with Crippen molar-refractivity contribution < 1.29 is 4.79 Å². The van der Waals surface area contributed by atoms with Gasteiger partial charge >= 0.3 is 0 Å². The zero-order chi connectivity index (χ0) is 17.3. The van der Waals surface area contributed by atoms with Crippen molar-refractivity contribution in [2.75, 3.05) is 5.32 Å². The fourth-order valence-electron chi connectivity index (χ4n) is 2.55. The third-order valence-corrected chi connectivity index (χ3v) is 3.81. The standard InChI is InChI=1S/C23H19NO/c25-23(24-22-14-8-3-9-15-22)18-21(20-12-6-2-7-13-20)17-16-19-10-4-1-5-11-19/h1-15,21H,18H2,(H,24,25)/t21-/m1/s1. The van der Waals surface area contributed by atoms with E-state index in [0.717, 1.165) is 16.8 Å². The third-order valence-electron chi connectivity index (χ3n) is 3.81. The first kappa shape index (κ1) is 16.5. The highest BCUT2D eigenvalue weighted by Gasteiger charge is 2.14. The van der Waals surface area contributed by atoms with Gasteiger partial charge in [0.15, 0.2) is 0 Å². The van der Waals surface area contributed by atoms with Gasteiger partial charge in [-0.2, -0.15) is 0 Å². The lowest BCUT2D eigenvalue weighted by atomic mass is 9.95. The second-order valence-corrected chi connectivity index (χ2v) is 5.72. The third kappa shape index (κ3) is 5.09. The Morgan fingerprint density at radius 2 is 1.36 bits per heavy atom. The molecule has 0 spiro atoms. The molecule has 2 heteroatoms. The molecule has 1 atom stereocenters. The molecule has 1 amide bonds. The number of rotatable bonds is 4. The summed E-state index contributed by atoms with van der Waals surface area (Å²) in [5.74, 6) is 6.25. The van der Waals surface area contributed by atoms with Crippen LogP contribution in [0.3, 0.4) is 0 Å². The first-order valence-electron chi connectivity index (χ1n) is 8.28. The predicted octanol–water partition coefficient (Wildman–Crippen LogP) is 4.85. The maximum atomic E-state index is 12.4.